The van der Waals surface area contributed by atoms with Crippen molar-refractivity contribution in [3.05, 3.63) is 35.4 Å². The Morgan fingerprint density at radius 2 is 1.56 bits per heavy atom. The zero-order valence-corrected chi connectivity index (χ0v) is 11.0. The maximum atomic E-state index is 2.48. The van der Waals surface area contributed by atoms with Gasteiger partial charge in [-0.25, -0.2) is 0 Å². The third kappa shape index (κ3) is 3.97. The Bertz CT molecular complexity index is 289. The molecule has 0 atom stereocenters. The molecule has 0 unspecified atom stereocenters. The summed E-state index contributed by atoms with van der Waals surface area (Å²) >= 11 is 0. The number of nitrogens with zero attached hydrogens (tertiary/aromatic N) is 1. The third-order valence-corrected chi connectivity index (χ3v) is 3.21. The lowest BCUT2D eigenvalue weighted by molar-refractivity contribution is 0.295. The summed E-state index contributed by atoms with van der Waals surface area (Å²) in [5.41, 5.74) is 3.05. The van der Waals surface area contributed by atoms with Crippen LogP contribution in [-0.4, -0.2) is 18.0 Å². The molecule has 1 heteroatoms. The molecule has 0 aliphatic carbocycles. The van der Waals surface area contributed by atoms with Gasteiger partial charge in [-0.2, -0.15) is 0 Å². The van der Waals surface area contributed by atoms with Crippen LogP contribution >= 0.6 is 0 Å². The number of aryl methyl sites for hydroxylation is 1. The van der Waals surface area contributed by atoms with Gasteiger partial charge in [-0.15, -0.1) is 0 Å². The van der Waals surface area contributed by atoms with Crippen LogP contribution in [0.5, 0.6) is 0 Å². The topological polar surface area (TPSA) is 3.24 Å². The first-order valence-electron chi connectivity index (χ1n) is 6.60. The molecule has 90 valence electrons. The highest BCUT2D eigenvalue weighted by molar-refractivity contribution is 5.27. The Hall–Kier alpha value is -0.820. The van der Waals surface area contributed by atoms with E-state index in [4.69, 9.17) is 0 Å². The fraction of sp³-hybridized carbons (Fsp3) is 0.600. The molecule has 0 spiro atoms. The lowest BCUT2D eigenvalue weighted by atomic mass is 10.0. The number of hydrogen-bond acceptors (Lipinski definition) is 1. The summed E-state index contributed by atoms with van der Waals surface area (Å²) < 4.78 is 0. The van der Waals surface area contributed by atoms with Gasteiger partial charge < -0.3 is 0 Å². The van der Waals surface area contributed by atoms with Crippen molar-refractivity contribution in [2.24, 2.45) is 0 Å². The summed E-state index contributed by atoms with van der Waals surface area (Å²) in [5.74, 6) is 0. The van der Waals surface area contributed by atoms with E-state index < -0.39 is 0 Å². The molecule has 0 saturated heterocycles. The second kappa shape index (κ2) is 7.45. The molecule has 0 radical (unpaired) electrons. The van der Waals surface area contributed by atoms with Crippen molar-refractivity contribution in [1.82, 2.24) is 4.90 Å². The van der Waals surface area contributed by atoms with Crippen molar-refractivity contribution in [2.75, 3.05) is 13.1 Å². The zero-order chi connectivity index (χ0) is 11.8. The van der Waals surface area contributed by atoms with Crippen LogP contribution in [0.3, 0.4) is 0 Å². The first-order valence-corrected chi connectivity index (χ1v) is 6.60. The molecule has 0 aliphatic rings. The molecule has 0 fully saturated rings. The van der Waals surface area contributed by atoms with E-state index in [2.05, 4.69) is 49.9 Å². The van der Waals surface area contributed by atoms with Crippen molar-refractivity contribution in [3.63, 3.8) is 0 Å². The molecule has 1 rings (SSSR count). The highest BCUT2D eigenvalue weighted by atomic mass is 15.1. The third-order valence-electron chi connectivity index (χ3n) is 3.21. The van der Waals surface area contributed by atoms with Crippen LogP contribution in [0.15, 0.2) is 24.3 Å². The van der Waals surface area contributed by atoms with Crippen LogP contribution in [0.1, 0.15) is 44.7 Å². The number of unbranched alkanes of at least 4 members (excludes halogenated alkanes) is 1. The molecule has 0 N–H and O–H groups in total. The smallest absolute Gasteiger partial charge is 0.0236 e. The van der Waals surface area contributed by atoms with E-state index in [-0.39, 0.29) is 0 Å². The monoisotopic (exact) mass is 219 g/mol. The fourth-order valence-corrected chi connectivity index (χ4v) is 2.01. The first kappa shape index (κ1) is 13.2. The van der Waals surface area contributed by atoms with E-state index in [0.717, 1.165) is 19.6 Å². The molecule has 16 heavy (non-hydrogen) atoms. The summed E-state index contributed by atoms with van der Waals surface area (Å²) in [6.07, 6.45) is 3.81. The molecule has 1 aromatic rings. The Balaban J connectivity index is 2.69. The fourth-order valence-electron chi connectivity index (χ4n) is 2.01. The Morgan fingerprint density at radius 1 is 0.938 bits per heavy atom. The SMILES string of the molecule is CCCCc1ccccc1CN(CC)CC. The quantitative estimate of drug-likeness (QED) is 0.673. The van der Waals surface area contributed by atoms with Gasteiger partial charge in [-0.05, 0) is 37.1 Å². The highest BCUT2D eigenvalue weighted by Crippen LogP contribution is 2.14. The standard InChI is InChI=1S/C15H25N/c1-4-7-10-14-11-8-9-12-15(14)13-16(5-2)6-3/h8-9,11-12H,4-7,10,13H2,1-3H3. The van der Waals surface area contributed by atoms with Crippen molar-refractivity contribution < 1.29 is 0 Å². The molecule has 1 aromatic carbocycles. The summed E-state index contributed by atoms with van der Waals surface area (Å²) in [5, 5.41) is 0. The van der Waals surface area contributed by atoms with Crippen LogP contribution in [0.25, 0.3) is 0 Å². The molecule has 0 aromatic heterocycles. The van der Waals surface area contributed by atoms with Gasteiger partial charge in [0.15, 0.2) is 0 Å². The van der Waals surface area contributed by atoms with Crippen LogP contribution in [0.4, 0.5) is 0 Å². The lowest BCUT2D eigenvalue weighted by Crippen LogP contribution is -2.22. The van der Waals surface area contributed by atoms with Gasteiger partial charge in [0.05, 0.1) is 0 Å². The van der Waals surface area contributed by atoms with E-state index in [9.17, 15) is 0 Å². The van der Waals surface area contributed by atoms with Gasteiger partial charge in [-0.1, -0.05) is 51.5 Å². The summed E-state index contributed by atoms with van der Waals surface area (Å²) in [7, 11) is 0. The van der Waals surface area contributed by atoms with Crippen LogP contribution in [0, 0.1) is 0 Å². The van der Waals surface area contributed by atoms with Gasteiger partial charge in [0.1, 0.15) is 0 Å². The first-order chi connectivity index (χ1) is 7.81. The predicted molar refractivity (Wildman–Crippen MR) is 71.7 cm³/mol. The number of rotatable bonds is 7. The van der Waals surface area contributed by atoms with Crippen LogP contribution in [-0.2, 0) is 13.0 Å². The minimum Gasteiger partial charge on any atom is -0.300 e. The zero-order valence-electron chi connectivity index (χ0n) is 11.0. The van der Waals surface area contributed by atoms with Crippen molar-refractivity contribution in [1.29, 1.82) is 0 Å². The molecule has 0 aliphatic heterocycles. The predicted octanol–water partition coefficient (Wildman–Crippen LogP) is 3.87. The van der Waals surface area contributed by atoms with Gasteiger partial charge in [0.2, 0.25) is 0 Å². The Labute approximate surface area is 100 Å². The molecular weight excluding hydrogens is 194 g/mol. The minimum atomic E-state index is 1.10. The molecular formula is C15H25N. The molecule has 0 heterocycles. The minimum absolute atomic E-state index is 1.10. The number of hydrogen-bond donors (Lipinski definition) is 0. The van der Waals surface area contributed by atoms with Crippen molar-refractivity contribution in [3.8, 4) is 0 Å². The van der Waals surface area contributed by atoms with E-state index >= 15 is 0 Å². The Morgan fingerprint density at radius 3 is 2.12 bits per heavy atom. The normalized spacial score (nSPS) is 11.0. The van der Waals surface area contributed by atoms with Crippen molar-refractivity contribution in [2.45, 2.75) is 46.6 Å². The summed E-state index contributed by atoms with van der Waals surface area (Å²) in [6, 6.07) is 8.89. The summed E-state index contributed by atoms with van der Waals surface area (Å²) in [6.45, 7) is 10.1. The maximum absolute atomic E-state index is 2.48. The van der Waals surface area contributed by atoms with Gasteiger partial charge in [0.25, 0.3) is 0 Å². The van der Waals surface area contributed by atoms with Crippen molar-refractivity contribution >= 4 is 0 Å². The van der Waals surface area contributed by atoms with E-state index in [1.54, 1.807) is 0 Å². The van der Waals surface area contributed by atoms with Gasteiger partial charge in [-0.3, -0.25) is 4.90 Å². The van der Waals surface area contributed by atoms with Crippen LogP contribution in [0.2, 0.25) is 0 Å². The van der Waals surface area contributed by atoms with Gasteiger partial charge >= 0.3 is 0 Å². The largest absolute Gasteiger partial charge is 0.300 e. The summed E-state index contributed by atoms with van der Waals surface area (Å²) in [4.78, 5) is 2.48. The average molecular weight is 219 g/mol. The Kier molecular flexibility index (Phi) is 6.17. The molecule has 1 nitrogen and oxygen atoms in total. The molecule has 0 bridgehead atoms. The second-order valence-electron chi connectivity index (χ2n) is 4.33. The van der Waals surface area contributed by atoms with Gasteiger partial charge in [0, 0.05) is 6.54 Å². The maximum Gasteiger partial charge on any atom is 0.0236 e. The van der Waals surface area contributed by atoms with E-state index in [1.807, 2.05) is 0 Å². The average Bonchev–Trinajstić information content (AvgIpc) is 2.34. The van der Waals surface area contributed by atoms with E-state index in [1.165, 1.54) is 30.4 Å². The lowest BCUT2D eigenvalue weighted by Gasteiger charge is -2.20. The van der Waals surface area contributed by atoms with Crippen LogP contribution < -0.4 is 0 Å². The highest BCUT2D eigenvalue weighted by Gasteiger charge is 2.05. The molecule has 0 amide bonds. The number of benzene rings is 1. The van der Waals surface area contributed by atoms with E-state index in [0.29, 0.717) is 0 Å². The molecule has 0 saturated carbocycles. The second-order valence-corrected chi connectivity index (χ2v) is 4.33.